The van der Waals surface area contributed by atoms with Crippen molar-refractivity contribution in [3.05, 3.63) is 71.8 Å². The summed E-state index contributed by atoms with van der Waals surface area (Å²) < 4.78 is 0.760. The molecular formula is C18H22Ge2O2. The van der Waals surface area contributed by atoms with Crippen molar-refractivity contribution in [3.63, 3.8) is 0 Å². The fourth-order valence-corrected chi connectivity index (χ4v) is 4.88. The predicted molar refractivity (Wildman–Crippen MR) is 96.5 cm³/mol. The summed E-state index contributed by atoms with van der Waals surface area (Å²) in [4.78, 5) is 22.8. The number of rotatable bonds is 4. The molecule has 0 aliphatic carbocycles. The molecule has 22 heavy (non-hydrogen) atoms. The zero-order valence-electron chi connectivity index (χ0n) is 13.6. The first kappa shape index (κ1) is 18.9. The summed E-state index contributed by atoms with van der Waals surface area (Å²) in [5, 5.41) is 0. The fraction of sp³-hybridized carbons (Fsp3) is 0.222. The average molecular weight is 416 g/mol. The summed E-state index contributed by atoms with van der Waals surface area (Å²) in [7, 11) is 0. The molecule has 0 saturated heterocycles. The number of carbonyl (C=O) groups is 2. The van der Waals surface area contributed by atoms with Crippen molar-refractivity contribution in [3.8, 4) is 0 Å². The second kappa shape index (κ2) is 9.80. The Balaban J connectivity index is 0.000000220. The summed E-state index contributed by atoms with van der Waals surface area (Å²) >= 11 is -2.75. The summed E-state index contributed by atoms with van der Waals surface area (Å²) in [6.45, 7) is 0. The Hall–Kier alpha value is -1.13. The number of carbonyl (C=O) groups excluding carboxylic acids is 2. The molecule has 0 unspecified atom stereocenters. The first-order chi connectivity index (χ1) is 10.4. The van der Waals surface area contributed by atoms with Crippen LogP contribution < -0.4 is 0 Å². The van der Waals surface area contributed by atoms with Gasteiger partial charge in [-0.05, 0) is 0 Å². The Morgan fingerprint density at radius 2 is 0.864 bits per heavy atom. The average Bonchev–Trinajstić information content (AvgIpc) is 2.55. The van der Waals surface area contributed by atoms with Crippen molar-refractivity contribution < 1.29 is 9.59 Å². The summed E-state index contributed by atoms with van der Waals surface area (Å²) in [5.41, 5.74) is 1.76. The van der Waals surface area contributed by atoms with E-state index in [0.717, 1.165) is 11.1 Å². The summed E-state index contributed by atoms with van der Waals surface area (Å²) in [6, 6.07) is 19.1. The molecule has 0 fully saturated rings. The van der Waals surface area contributed by atoms with E-state index in [2.05, 4.69) is 23.0 Å². The topological polar surface area (TPSA) is 34.1 Å². The molecule has 2 nitrogen and oxygen atoms in total. The van der Waals surface area contributed by atoms with Crippen molar-refractivity contribution >= 4 is 37.9 Å². The quantitative estimate of drug-likeness (QED) is 0.697. The molecule has 4 heteroatoms. The molecule has 0 N–H and O–H groups in total. The maximum absolute atomic E-state index is 11.4. The van der Waals surface area contributed by atoms with Crippen LogP contribution in [0.25, 0.3) is 0 Å². The molecule has 0 spiro atoms. The van der Waals surface area contributed by atoms with Crippen molar-refractivity contribution in [2.45, 2.75) is 23.0 Å². The van der Waals surface area contributed by atoms with Gasteiger partial charge in [-0.1, -0.05) is 0 Å². The molecule has 0 saturated carbocycles. The van der Waals surface area contributed by atoms with E-state index < -0.39 is 28.7 Å². The van der Waals surface area contributed by atoms with E-state index in [1.54, 1.807) is 0 Å². The SMILES string of the molecule is [CH3][Ge]([CH3])[C](=O)c1ccccc1.[CH3][Ge]([CH3])[C](=O)c1ccccc1. The van der Waals surface area contributed by atoms with Gasteiger partial charge in [0.1, 0.15) is 0 Å². The molecule has 0 amide bonds. The maximum atomic E-state index is 11.4. The second-order valence-corrected chi connectivity index (χ2v) is 15.7. The van der Waals surface area contributed by atoms with Crippen LogP contribution in [0.4, 0.5) is 0 Å². The zero-order valence-corrected chi connectivity index (χ0v) is 17.8. The van der Waals surface area contributed by atoms with Crippen LogP contribution in [0.5, 0.6) is 0 Å². The van der Waals surface area contributed by atoms with Gasteiger partial charge >= 0.3 is 142 Å². The fourth-order valence-electron chi connectivity index (χ4n) is 1.76. The van der Waals surface area contributed by atoms with Gasteiger partial charge in [0.25, 0.3) is 0 Å². The van der Waals surface area contributed by atoms with Gasteiger partial charge in [0, 0.05) is 0 Å². The van der Waals surface area contributed by atoms with Crippen LogP contribution in [0.2, 0.25) is 23.0 Å². The summed E-state index contributed by atoms with van der Waals surface area (Å²) in [5.74, 6) is 8.31. The van der Waals surface area contributed by atoms with Crippen LogP contribution in [0.3, 0.4) is 0 Å². The van der Waals surface area contributed by atoms with Crippen LogP contribution in [0, 0.1) is 0 Å². The molecule has 2 aromatic carbocycles. The molecule has 0 aliphatic rings. The van der Waals surface area contributed by atoms with Gasteiger partial charge in [-0.15, -0.1) is 0 Å². The van der Waals surface area contributed by atoms with E-state index >= 15 is 0 Å². The van der Waals surface area contributed by atoms with E-state index in [-0.39, 0.29) is 0 Å². The van der Waals surface area contributed by atoms with Gasteiger partial charge in [-0.2, -0.15) is 0 Å². The van der Waals surface area contributed by atoms with Gasteiger partial charge in [0.15, 0.2) is 0 Å². The van der Waals surface area contributed by atoms with Crippen LogP contribution in [0.1, 0.15) is 20.7 Å². The summed E-state index contributed by atoms with van der Waals surface area (Å²) in [6.07, 6.45) is 0. The van der Waals surface area contributed by atoms with Gasteiger partial charge in [0.2, 0.25) is 0 Å². The number of benzene rings is 2. The molecule has 2 radical (unpaired) electrons. The van der Waals surface area contributed by atoms with Gasteiger partial charge in [-0.25, -0.2) is 0 Å². The normalized spacial score (nSPS) is 10.1. The molecule has 0 aliphatic heterocycles. The molecule has 2 rings (SSSR count). The van der Waals surface area contributed by atoms with Crippen molar-refractivity contribution in [1.29, 1.82) is 0 Å². The van der Waals surface area contributed by atoms with Gasteiger partial charge in [0.05, 0.1) is 0 Å². The molecule has 0 atom stereocenters. The molecule has 0 aromatic heterocycles. The van der Waals surface area contributed by atoms with Crippen LogP contribution in [-0.2, 0) is 0 Å². The van der Waals surface area contributed by atoms with Crippen LogP contribution in [0.15, 0.2) is 60.7 Å². The first-order valence-electron chi connectivity index (χ1n) is 7.23. The third kappa shape index (κ3) is 6.32. The minimum absolute atomic E-state index is 0.380. The van der Waals surface area contributed by atoms with Crippen LogP contribution in [-0.4, -0.2) is 37.9 Å². The van der Waals surface area contributed by atoms with Crippen molar-refractivity contribution in [1.82, 2.24) is 0 Å². The third-order valence-electron chi connectivity index (χ3n) is 2.98. The third-order valence-corrected chi connectivity index (χ3v) is 8.00. The van der Waals surface area contributed by atoms with Crippen molar-refractivity contribution in [2.75, 3.05) is 0 Å². The molecule has 0 bridgehead atoms. The molecule has 0 heterocycles. The van der Waals surface area contributed by atoms with E-state index in [4.69, 9.17) is 0 Å². The van der Waals surface area contributed by atoms with Gasteiger partial charge in [-0.3, -0.25) is 0 Å². The Morgan fingerprint density at radius 3 is 1.09 bits per heavy atom. The Bertz CT molecular complexity index is 537. The predicted octanol–water partition coefficient (Wildman–Crippen LogP) is 4.33. The van der Waals surface area contributed by atoms with Crippen molar-refractivity contribution in [2.24, 2.45) is 0 Å². The van der Waals surface area contributed by atoms with Gasteiger partial charge < -0.3 is 0 Å². The van der Waals surface area contributed by atoms with E-state index in [1.807, 2.05) is 60.7 Å². The number of hydrogen-bond acceptors (Lipinski definition) is 2. The van der Waals surface area contributed by atoms with E-state index in [1.165, 1.54) is 0 Å². The van der Waals surface area contributed by atoms with E-state index in [0.29, 0.717) is 9.23 Å². The Morgan fingerprint density at radius 1 is 0.591 bits per heavy atom. The number of hydrogen-bond donors (Lipinski definition) is 0. The monoisotopic (exact) mass is 418 g/mol. The molecular weight excluding hydrogens is 393 g/mol. The van der Waals surface area contributed by atoms with Crippen LogP contribution >= 0.6 is 0 Å². The minimum atomic E-state index is -1.38. The van der Waals surface area contributed by atoms with E-state index in [9.17, 15) is 9.59 Å². The zero-order chi connectivity index (χ0) is 16.5. The standard InChI is InChI=1S/2C9H11GeO/c2*1-10(2)9(11)8-6-4-3-5-7-8/h2*3-7H,1-2H3. The Kier molecular flexibility index (Phi) is 8.42. The molecule has 114 valence electrons. The first-order valence-corrected chi connectivity index (χ1v) is 17.7. The molecule has 2 aromatic rings. The Labute approximate surface area is 142 Å². The second-order valence-electron chi connectivity index (χ2n) is 5.39.